The van der Waals surface area contributed by atoms with E-state index in [2.05, 4.69) is 5.10 Å². The molecule has 6 heteroatoms. The summed E-state index contributed by atoms with van der Waals surface area (Å²) in [7, 11) is 1.84. The minimum absolute atomic E-state index is 0.0458. The summed E-state index contributed by atoms with van der Waals surface area (Å²) < 4.78 is 1.71. The van der Waals surface area contributed by atoms with Crippen molar-refractivity contribution in [3.8, 4) is 0 Å². The molecule has 1 aromatic rings. The van der Waals surface area contributed by atoms with Crippen LogP contribution in [0.1, 0.15) is 38.8 Å². The van der Waals surface area contributed by atoms with E-state index < -0.39 is 6.04 Å². The van der Waals surface area contributed by atoms with Gasteiger partial charge in [0.2, 0.25) is 5.91 Å². The van der Waals surface area contributed by atoms with Crippen LogP contribution in [-0.2, 0) is 23.1 Å². The Kier molecular flexibility index (Phi) is 3.47. The first-order valence-electron chi connectivity index (χ1n) is 7.70. The highest BCUT2D eigenvalue weighted by Gasteiger charge is 2.46. The van der Waals surface area contributed by atoms with Crippen LogP contribution in [0.5, 0.6) is 0 Å². The molecular formula is C15H22N4O2. The van der Waals surface area contributed by atoms with E-state index in [-0.39, 0.29) is 17.9 Å². The average molecular weight is 290 g/mol. The van der Waals surface area contributed by atoms with E-state index in [9.17, 15) is 9.59 Å². The third-order valence-electron chi connectivity index (χ3n) is 4.53. The second-order valence-corrected chi connectivity index (χ2v) is 5.92. The van der Waals surface area contributed by atoms with Crippen LogP contribution in [0, 0.1) is 0 Å². The third-order valence-corrected chi connectivity index (χ3v) is 4.53. The maximum absolute atomic E-state index is 12.9. The number of hydrogen-bond donors (Lipinski definition) is 0. The van der Waals surface area contributed by atoms with Gasteiger partial charge in [0.15, 0.2) is 0 Å². The number of nitrogens with zero attached hydrogens (tertiary/aromatic N) is 4. The lowest BCUT2D eigenvalue weighted by atomic mass is 9.95. The van der Waals surface area contributed by atoms with Crippen molar-refractivity contribution in [3.63, 3.8) is 0 Å². The zero-order valence-corrected chi connectivity index (χ0v) is 12.9. The molecule has 2 aliphatic heterocycles. The molecule has 0 aliphatic carbocycles. The molecule has 114 valence electrons. The fourth-order valence-electron chi connectivity index (χ4n) is 3.46. The van der Waals surface area contributed by atoms with Gasteiger partial charge in [-0.05, 0) is 32.6 Å². The number of carbonyl (C=O) groups is 2. The van der Waals surface area contributed by atoms with Crippen LogP contribution >= 0.6 is 0 Å². The van der Waals surface area contributed by atoms with Crippen molar-refractivity contribution < 1.29 is 9.59 Å². The normalized spacial score (nSPS) is 26.2. The summed E-state index contributed by atoms with van der Waals surface area (Å²) >= 11 is 0. The van der Waals surface area contributed by atoms with Crippen molar-refractivity contribution in [2.75, 3.05) is 11.4 Å². The van der Waals surface area contributed by atoms with Crippen LogP contribution in [0.25, 0.3) is 0 Å². The molecular weight excluding hydrogens is 268 g/mol. The van der Waals surface area contributed by atoms with Crippen LogP contribution in [0.3, 0.4) is 0 Å². The Morgan fingerprint density at radius 3 is 2.76 bits per heavy atom. The molecule has 6 nitrogen and oxygen atoms in total. The van der Waals surface area contributed by atoms with Crippen molar-refractivity contribution in [3.05, 3.63) is 11.9 Å². The van der Waals surface area contributed by atoms with Gasteiger partial charge in [0, 0.05) is 19.8 Å². The van der Waals surface area contributed by atoms with Crippen molar-refractivity contribution >= 4 is 17.5 Å². The summed E-state index contributed by atoms with van der Waals surface area (Å²) in [5.74, 6) is 0.106. The number of rotatable bonds is 2. The van der Waals surface area contributed by atoms with Crippen LogP contribution < -0.4 is 4.90 Å². The summed E-state index contributed by atoms with van der Waals surface area (Å²) in [5, 5.41) is 4.40. The summed E-state index contributed by atoms with van der Waals surface area (Å²) in [6.45, 7) is 4.54. The van der Waals surface area contributed by atoms with Crippen LogP contribution in [0.2, 0.25) is 0 Å². The lowest BCUT2D eigenvalue weighted by Gasteiger charge is -2.45. The molecule has 2 saturated heterocycles. The number of amides is 2. The zero-order valence-electron chi connectivity index (χ0n) is 12.9. The molecule has 2 amide bonds. The van der Waals surface area contributed by atoms with E-state index in [0.29, 0.717) is 6.54 Å². The third kappa shape index (κ3) is 2.13. The molecule has 2 unspecified atom stereocenters. The number of fused-ring (bicyclic) bond motifs is 1. The quantitative estimate of drug-likeness (QED) is 0.819. The van der Waals surface area contributed by atoms with Gasteiger partial charge in [0.05, 0.1) is 11.4 Å². The number of anilines is 1. The topological polar surface area (TPSA) is 58.4 Å². The van der Waals surface area contributed by atoms with Gasteiger partial charge in [-0.2, -0.15) is 5.10 Å². The van der Waals surface area contributed by atoms with Crippen LogP contribution in [-0.4, -0.2) is 45.1 Å². The molecule has 0 N–H and O–H groups in total. The molecule has 2 aliphatic rings. The number of piperazine rings is 1. The first-order chi connectivity index (χ1) is 10.0. The molecule has 0 saturated carbocycles. The highest BCUT2D eigenvalue weighted by Crippen LogP contribution is 2.31. The molecule has 3 heterocycles. The van der Waals surface area contributed by atoms with E-state index in [0.717, 1.165) is 37.1 Å². The summed E-state index contributed by atoms with van der Waals surface area (Å²) in [6, 6.07) is -0.728. The predicted octanol–water partition coefficient (Wildman–Crippen LogP) is 1.10. The molecule has 0 bridgehead atoms. The molecule has 0 spiro atoms. The van der Waals surface area contributed by atoms with Gasteiger partial charge in [-0.1, -0.05) is 6.92 Å². The minimum atomic E-state index is -0.443. The van der Waals surface area contributed by atoms with Crippen molar-refractivity contribution in [1.29, 1.82) is 0 Å². The smallest absolute Gasteiger partial charge is 0.250 e. The van der Waals surface area contributed by atoms with Crippen molar-refractivity contribution in [2.24, 2.45) is 7.05 Å². The predicted molar refractivity (Wildman–Crippen MR) is 78.9 cm³/mol. The Bertz CT molecular complexity index is 580. The Morgan fingerprint density at radius 1 is 1.29 bits per heavy atom. The fourth-order valence-corrected chi connectivity index (χ4v) is 3.46. The SMILES string of the molecule is CCc1nn(C)cc1N1C(=O)C2CCCCN2C(=O)C1C. The number of aryl methyl sites for hydroxylation is 2. The molecule has 1 aromatic heterocycles. The van der Waals surface area contributed by atoms with Gasteiger partial charge in [0.1, 0.15) is 12.1 Å². The first-order valence-corrected chi connectivity index (χ1v) is 7.70. The number of aromatic nitrogens is 2. The van der Waals surface area contributed by atoms with E-state index in [4.69, 9.17) is 0 Å². The Hall–Kier alpha value is -1.85. The monoisotopic (exact) mass is 290 g/mol. The lowest BCUT2D eigenvalue weighted by Crippen LogP contribution is -2.65. The second-order valence-electron chi connectivity index (χ2n) is 5.92. The Labute approximate surface area is 124 Å². The van der Waals surface area contributed by atoms with Crippen molar-refractivity contribution in [1.82, 2.24) is 14.7 Å². The maximum atomic E-state index is 12.9. The van der Waals surface area contributed by atoms with Gasteiger partial charge in [-0.3, -0.25) is 19.2 Å². The van der Waals surface area contributed by atoms with Crippen molar-refractivity contribution in [2.45, 2.75) is 51.6 Å². The van der Waals surface area contributed by atoms with Gasteiger partial charge in [0.25, 0.3) is 5.91 Å². The first kappa shape index (κ1) is 14.1. The van der Waals surface area contributed by atoms with Gasteiger partial charge in [-0.15, -0.1) is 0 Å². The summed E-state index contributed by atoms with van der Waals surface area (Å²) in [4.78, 5) is 28.9. The lowest BCUT2D eigenvalue weighted by molar-refractivity contribution is -0.147. The Morgan fingerprint density at radius 2 is 2.05 bits per heavy atom. The average Bonchev–Trinajstić information content (AvgIpc) is 2.86. The van der Waals surface area contributed by atoms with Crippen LogP contribution in [0.15, 0.2) is 6.20 Å². The number of carbonyl (C=O) groups excluding carboxylic acids is 2. The second kappa shape index (κ2) is 5.16. The highest BCUT2D eigenvalue weighted by atomic mass is 16.2. The van der Waals surface area contributed by atoms with E-state index >= 15 is 0 Å². The van der Waals surface area contributed by atoms with E-state index in [1.165, 1.54) is 0 Å². The zero-order chi connectivity index (χ0) is 15.1. The fraction of sp³-hybridized carbons (Fsp3) is 0.667. The molecule has 2 fully saturated rings. The van der Waals surface area contributed by atoms with E-state index in [1.54, 1.807) is 14.5 Å². The number of piperidine rings is 1. The number of hydrogen-bond acceptors (Lipinski definition) is 3. The van der Waals surface area contributed by atoms with E-state index in [1.807, 2.05) is 27.1 Å². The maximum Gasteiger partial charge on any atom is 0.250 e. The Balaban J connectivity index is 2.01. The summed E-state index contributed by atoms with van der Waals surface area (Å²) in [6.07, 6.45) is 5.37. The van der Waals surface area contributed by atoms with Crippen LogP contribution in [0.4, 0.5) is 5.69 Å². The van der Waals surface area contributed by atoms with Gasteiger partial charge < -0.3 is 4.90 Å². The summed E-state index contributed by atoms with van der Waals surface area (Å²) in [5.41, 5.74) is 1.66. The molecule has 21 heavy (non-hydrogen) atoms. The minimum Gasteiger partial charge on any atom is -0.329 e. The highest BCUT2D eigenvalue weighted by molar-refractivity contribution is 6.08. The largest absolute Gasteiger partial charge is 0.329 e. The molecule has 0 aromatic carbocycles. The van der Waals surface area contributed by atoms with Gasteiger partial charge in [-0.25, -0.2) is 0 Å². The molecule has 3 rings (SSSR count). The standard InChI is InChI=1S/C15H22N4O2/c1-4-11-13(9-17(3)16-11)19-10(2)14(20)18-8-6-5-7-12(18)15(19)21/h9-10,12H,4-8H2,1-3H3. The molecule has 2 atom stereocenters. The van der Waals surface area contributed by atoms with Gasteiger partial charge >= 0.3 is 0 Å². The molecule has 0 radical (unpaired) electrons.